The molecule has 1 saturated heterocycles. The third-order valence-electron chi connectivity index (χ3n) is 4.98. The van der Waals surface area contributed by atoms with Gasteiger partial charge in [0.05, 0.1) is 11.5 Å². The maximum absolute atomic E-state index is 13.4. The van der Waals surface area contributed by atoms with Gasteiger partial charge in [0.25, 0.3) is 11.6 Å². The number of nitro groups is 1. The van der Waals surface area contributed by atoms with Gasteiger partial charge in [0.15, 0.2) is 0 Å². The molecule has 0 spiro atoms. The minimum atomic E-state index is -0.472. The third-order valence-corrected chi connectivity index (χ3v) is 4.98. The van der Waals surface area contributed by atoms with Gasteiger partial charge in [-0.3, -0.25) is 24.6 Å². The molecule has 2 amide bonds. The molecule has 0 atom stereocenters. The summed E-state index contributed by atoms with van der Waals surface area (Å²) in [6.45, 7) is 2.35. The van der Waals surface area contributed by atoms with Crippen molar-refractivity contribution >= 4 is 17.5 Å². The van der Waals surface area contributed by atoms with Gasteiger partial charge in [-0.05, 0) is 24.6 Å². The van der Waals surface area contributed by atoms with Gasteiger partial charge < -0.3 is 10.2 Å². The summed E-state index contributed by atoms with van der Waals surface area (Å²) in [5.41, 5.74) is 0.725. The summed E-state index contributed by atoms with van der Waals surface area (Å²) in [7, 11) is 0. The minimum Gasteiger partial charge on any atom is -0.351 e. The van der Waals surface area contributed by atoms with Crippen molar-refractivity contribution in [2.75, 3.05) is 32.7 Å². The van der Waals surface area contributed by atoms with Crippen molar-refractivity contribution < 1.29 is 18.9 Å². The number of nitro benzene ring substituents is 1. The Labute approximate surface area is 173 Å². The highest BCUT2D eigenvalue weighted by molar-refractivity contribution is 5.94. The molecular formula is C21H23FN4O4. The second-order valence-corrected chi connectivity index (χ2v) is 7.09. The first-order chi connectivity index (χ1) is 14.4. The standard InChI is InChI=1S/C21H23FN4O4/c22-18-7-3-6-16(13-18)21(28)25-10-4-9-24(11-12-25)15-20(27)23-14-17-5-1-2-8-19(17)26(29)30/h1-3,5-8,13H,4,9-12,14-15H2,(H,23,27). The highest BCUT2D eigenvalue weighted by Gasteiger charge is 2.22. The first-order valence-corrected chi connectivity index (χ1v) is 9.70. The molecular weight excluding hydrogens is 391 g/mol. The number of nitrogens with one attached hydrogen (secondary N) is 1. The predicted molar refractivity (Wildman–Crippen MR) is 108 cm³/mol. The second-order valence-electron chi connectivity index (χ2n) is 7.09. The Morgan fingerprint density at radius 3 is 2.63 bits per heavy atom. The quantitative estimate of drug-likeness (QED) is 0.578. The van der Waals surface area contributed by atoms with Crippen LogP contribution in [-0.2, 0) is 11.3 Å². The molecule has 0 aliphatic carbocycles. The van der Waals surface area contributed by atoms with Crippen molar-refractivity contribution in [2.45, 2.75) is 13.0 Å². The molecule has 1 N–H and O–H groups in total. The molecule has 1 aliphatic rings. The molecule has 0 unspecified atom stereocenters. The number of carbonyl (C=O) groups excluding carboxylic acids is 2. The number of carbonyl (C=O) groups is 2. The van der Waals surface area contributed by atoms with E-state index in [-0.39, 0.29) is 30.6 Å². The first kappa shape index (κ1) is 21.4. The van der Waals surface area contributed by atoms with Crippen molar-refractivity contribution in [1.29, 1.82) is 0 Å². The smallest absolute Gasteiger partial charge is 0.274 e. The Balaban J connectivity index is 1.50. The van der Waals surface area contributed by atoms with Crippen molar-refractivity contribution in [2.24, 2.45) is 0 Å². The summed E-state index contributed by atoms with van der Waals surface area (Å²) in [5.74, 6) is -0.914. The van der Waals surface area contributed by atoms with Gasteiger partial charge in [-0.1, -0.05) is 24.3 Å². The fourth-order valence-electron chi connectivity index (χ4n) is 3.43. The highest BCUT2D eigenvalue weighted by Crippen LogP contribution is 2.17. The zero-order chi connectivity index (χ0) is 21.5. The SMILES string of the molecule is O=C(CN1CCCN(C(=O)c2cccc(F)c2)CC1)NCc1ccccc1[N+](=O)[O-]. The molecule has 0 saturated carbocycles. The van der Waals surface area contributed by atoms with Crippen molar-refractivity contribution in [3.8, 4) is 0 Å². The van der Waals surface area contributed by atoms with Crippen molar-refractivity contribution in [3.63, 3.8) is 0 Å². The molecule has 8 nitrogen and oxygen atoms in total. The van der Waals surface area contributed by atoms with Crippen LogP contribution < -0.4 is 5.32 Å². The Hall–Kier alpha value is -3.33. The number of benzene rings is 2. The average molecular weight is 414 g/mol. The van der Waals surface area contributed by atoms with Gasteiger partial charge in [-0.2, -0.15) is 0 Å². The summed E-state index contributed by atoms with van der Waals surface area (Å²) >= 11 is 0. The molecule has 0 radical (unpaired) electrons. The normalized spacial score (nSPS) is 14.8. The third kappa shape index (κ3) is 5.60. The predicted octanol–water partition coefficient (Wildman–Crippen LogP) is 2.20. The number of rotatable bonds is 6. The summed E-state index contributed by atoms with van der Waals surface area (Å²) < 4.78 is 13.4. The lowest BCUT2D eigenvalue weighted by Gasteiger charge is -2.22. The molecule has 1 heterocycles. The minimum absolute atomic E-state index is 0.0286. The number of amides is 2. The Morgan fingerprint density at radius 2 is 1.87 bits per heavy atom. The average Bonchev–Trinajstić information content (AvgIpc) is 2.97. The van der Waals surface area contributed by atoms with E-state index in [0.29, 0.717) is 43.7 Å². The van der Waals surface area contributed by atoms with E-state index in [9.17, 15) is 24.1 Å². The van der Waals surface area contributed by atoms with Crippen LogP contribution in [-0.4, -0.2) is 59.3 Å². The van der Waals surface area contributed by atoms with Crippen LogP contribution in [0.25, 0.3) is 0 Å². The Bertz CT molecular complexity index is 937. The van der Waals surface area contributed by atoms with Gasteiger partial charge in [0, 0.05) is 49.9 Å². The topological polar surface area (TPSA) is 95.8 Å². The Kier molecular flexibility index (Phi) is 7.08. The molecule has 0 aromatic heterocycles. The zero-order valence-electron chi connectivity index (χ0n) is 16.4. The molecule has 1 aliphatic heterocycles. The van der Waals surface area contributed by atoms with Gasteiger partial charge in [-0.25, -0.2) is 4.39 Å². The lowest BCUT2D eigenvalue weighted by atomic mass is 10.2. The van der Waals surface area contributed by atoms with Crippen LogP contribution in [0.15, 0.2) is 48.5 Å². The van der Waals surface area contributed by atoms with E-state index in [4.69, 9.17) is 0 Å². The summed E-state index contributed by atoms with van der Waals surface area (Å²) in [4.78, 5) is 39.1. The van der Waals surface area contributed by atoms with E-state index in [0.717, 1.165) is 0 Å². The molecule has 0 bridgehead atoms. The number of hydrogen-bond acceptors (Lipinski definition) is 5. The monoisotopic (exact) mass is 414 g/mol. The molecule has 9 heteroatoms. The summed E-state index contributed by atoms with van der Waals surface area (Å²) in [6, 6.07) is 11.9. The summed E-state index contributed by atoms with van der Waals surface area (Å²) in [5, 5.41) is 13.8. The fourth-order valence-corrected chi connectivity index (χ4v) is 3.43. The van der Waals surface area contributed by atoms with Crippen LogP contribution in [0.1, 0.15) is 22.3 Å². The van der Waals surface area contributed by atoms with E-state index in [2.05, 4.69) is 5.32 Å². The van der Waals surface area contributed by atoms with Crippen LogP contribution in [0.2, 0.25) is 0 Å². The molecule has 2 aromatic carbocycles. The van der Waals surface area contributed by atoms with Crippen LogP contribution in [0, 0.1) is 15.9 Å². The number of para-hydroxylation sites is 1. The van der Waals surface area contributed by atoms with Gasteiger partial charge >= 0.3 is 0 Å². The lowest BCUT2D eigenvalue weighted by Crippen LogP contribution is -2.40. The van der Waals surface area contributed by atoms with E-state index < -0.39 is 10.7 Å². The maximum atomic E-state index is 13.4. The highest BCUT2D eigenvalue weighted by atomic mass is 19.1. The number of nitrogens with zero attached hydrogens (tertiary/aromatic N) is 3. The van der Waals surface area contributed by atoms with Crippen LogP contribution >= 0.6 is 0 Å². The van der Waals surface area contributed by atoms with Crippen LogP contribution in [0.5, 0.6) is 0 Å². The van der Waals surface area contributed by atoms with E-state index >= 15 is 0 Å². The first-order valence-electron chi connectivity index (χ1n) is 9.70. The summed E-state index contributed by atoms with van der Waals surface area (Å²) in [6.07, 6.45) is 0.693. The van der Waals surface area contributed by atoms with Gasteiger partial charge in [0.2, 0.25) is 5.91 Å². The second kappa shape index (κ2) is 9.93. The van der Waals surface area contributed by atoms with Crippen molar-refractivity contribution in [3.05, 3.63) is 75.6 Å². The number of halogens is 1. The van der Waals surface area contributed by atoms with E-state index in [1.165, 1.54) is 24.3 Å². The van der Waals surface area contributed by atoms with E-state index in [1.807, 2.05) is 4.90 Å². The largest absolute Gasteiger partial charge is 0.351 e. The van der Waals surface area contributed by atoms with Gasteiger partial charge in [0.1, 0.15) is 5.82 Å². The van der Waals surface area contributed by atoms with Gasteiger partial charge in [-0.15, -0.1) is 0 Å². The fraction of sp³-hybridized carbons (Fsp3) is 0.333. The zero-order valence-corrected chi connectivity index (χ0v) is 16.4. The van der Waals surface area contributed by atoms with E-state index in [1.54, 1.807) is 29.2 Å². The molecule has 158 valence electrons. The number of hydrogen-bond donors (Lipinski definition) is 1. The van der Waals surface area contributed by atoms with Crippen molar-refractivity contribution in [1.82, 2.24) is 15.1 Å². The van der Waals surface area contributed by atoms with Crippen LogP contribution in [0.4, 0.5) is 10.1 Å². The molecule has 3 rings (SSSR count). The lowest BCUT2D eigenvalue weighted by molar-refractivity contribution is -0.385. The molecule has 1 fully saturated rings. The molecule has 2 aromatic rings. The maximum Gasteiger partial charge on any atom is 0.274 e. The molecule has 30 heavy (non-hydrogen) atoms. The Morgan fingerprint density at radius 1 is 1.07 bits per heavy atom. The van der Waals surface area contributed by atoms with Crippen LogP contribution in [0.3, 0.4) is 0 Å².